The Morgan fingerprint density at radius 2 is 1.90 bits per heavy atom. The number of anilines is 1. The van der Waals surface area contributed by atoms with Gasteiger partial charge in [0.05, 0.1) is 16.3 Å². The number of hydrogen-bond acceptors (Lipinski definition) is 5. The van der Waals surface area contributed by atoms with Crippen molar-refractivity contribution < 1.29 is 18.3 Å². The Balaban J connectivity index is 2.58. The third-order valence-corrected chi connectivity index (χ3v) is 3.50. The van der Waals surface area contributed by atoms with Crippen LogP contribution in [0.4, 0.5) is 5.69 Å². The molecule has 8 heteroatoms. The molecule has 2 rings (SSSR count). The second-order valence-corrected chi connectivity index (χ2v) is 5.57. The molecule has 0 fully saturated rings. The number of primary sulfonamides is 1. The number of carboxylic acid groups (broad SMARTS) is 1. The number of nitrogens with two attached hydrogens (primary N) is 2. The fourth-order valence-corrected chi connectivity index (χ4v) is 2.19. The summed E-state index contributed by atoms with van der Waals surface area (Å²) < 4.78 is 22.6. The van der Waals surface area contributed by atoms with E-state index in [9.17, 15) is 13.2 Å². The molecule has 7 nitrogen and oxygen atoms in total. The number of nitrogens with zero attached hydrogens (tertiary/aromatic N) is 1. The summed E-state index contributed by atoms with van der Waals surface area (Å²) in [4.78, 5) is 14.8. The number of hydrogen-bond donors (Lipinski definition) is 3. The van der Waals surface area contributed by atoms with Crippen molar-refractivity contribution >= 4 is 21.7 Å². The Morgan fingerprint density at radius 1 is 1.20 bits per heavy atom. The molecular weight excluding hydrogens is 282 g/mol. The summed E-state index contributed by atoms with van der Waals surface area (Å²) in [7, 11) is -3.84. The topological polar surface area (TPSA) is 136 Å². The molecule has 2 aromatic rings. The molecule has 0 aliphatic carbocycles. The maximum Gasteiger partial charge on any atom is 0.356 e. The minimum absolute atomic E-state index is 0.0313. The molecule has 0 amide bonds. The molecule has 0 spiro atoms. The molecule has 20 heavy (non-hydrogen) atoms. The van der Waals surface area contributed by atoms with E-state index in [1.54, 1.807) is 6.07 Å². The van der Waals surface area contributed by atoms with Crippen molar-refractivity contribution in [3.63, 3.8) is 0 Å². The second-order valence-electron chi connectivity index (χ2n) is 4.01. The van der Waals surface area contributed by atoms with Crippen LogP contribution in [0.3, 0.4) is 0 Å². The quantitative estimate of drug-likeness (QED) is 0.761. The van der Waals surface area contributed by atoms with E-state index in [-0.39, 0.29) is 16.3 Å². The van der Waals surface area contributed by atoms with Gasteiger partial charge < -0.3 is 10.8 Å². The fourth-order valence-electron chi connectivity index (χ4n) is 1.63. The first kappa shape index (κ1) is 14.0. The van der Waals surface area contributed by atoms with Crippen molar-refractivity contribution in [1.82, 2.24) is 4.98 Å². The smallest absolute Gasteiger partial charge is 0.356 e. The van der Waals surface area contributed by atoms with Gasteiger partial charge in [0.25, 0.3) is 0 Å². The molecule has 0 bridgehead atoms. The summed E-state index contributed by atoms with van der Waals surface area (Å²) in [6.07, 6.45) is 0. The lowest BCUT2D eigenvalue weighted by atomic mass is 10.1. The van der Waals surface area contributed by atoms with E-state index in [0.29, 0.717) is 11.3 Å². The molecule has 1 aromatic carbocycles. The van der Waals surface area contributed by atoms with Gasteiger partial charge in [-0.05, 0) is 24.3 Å². The number of aromatic carboxylic acids is 1. The van der Waals surface area contributed by atoms with Crippen LogP contribution < -0.4 is 10.9 Å². The second kappa shape index (κ2) is 4.91. The molecule has 0 radical (unpaired) electrons. The van der Waals surface area contributed by atoms with Crippen molar-refractivity contribution in [3.8, 4) is 11.3 Å². The van der Waals surface area contributed by atoms with Gasteiger partial charge in [0, 0.05) is 5.56 Å². The number of nitrogen functional groups attached to an aromatic ring is 1. The van der Waals surface area contributed by atoms with Crippen molar-refractivity contribution in [2.75, 3.05) is 5.73 Å². The molecule has 0 aliphatic heterocycles. The first-order valence-corrected chi connectivity index (χ1v) is 6.97. The highest BCUT2D eigenvalue weighted by Gasteiger charge is 2.13. The van der Waals surface area contributed by atoms with Crippen LogP contribution in [0.15, 0.2) is 41.3 Å². The van der Waals surface area contributed by atoms with Crippen LogP contribution in [-0.4, -0.2) is 24.5 Å². The summed E-state index contributed by atoms with van der Waals surface area (Å²) in [5.41, 5.74) is 5.97. The predicted molar refractivity (Wildman–Crippen MR) is 72.4 cm³/mol. The zero-order valence-corrected chi connectivity index (χ0v) is 11.0. The first-order chi connectivity index (χ1) is 9.29. The number of carboxylic acids is 1. The third-order valence-electron chi connectivity index (χ3n) is 2.59. The molecule has 0 unspecified atom stereocenters. The summed E-state index contributed by atoms with van der Waals surface area (Å²) in [6, 6.07) is 8.65. The van der Waals surface area contributed by atoms with E-state index in [4.69, 9.17) is 16.0 Å². The molecule has 1 heterocycles. The Hall–Kier alpha value is -2.45. The number of rotatable bonds is 3. The van der Waals surface area contributed by atoms with Crippen molar-refractivity contribution in [1.29, 1.82) is 0 Å². The number of aromatic nitrogens is 1. The molecule has 104 valence electrons. The summed E-state index contributed by atoms with van der Waals surface area (Å²) in [6.45, 7) is 0. The van der Waals surface area contributed by atoms with Crippen molar-refractivity contribution in [2.24, 2.45) is 5.14 Å². The van der Waals surface area contributed by atoms with Crippen molar-refractivity contribution in [3.05, 3.63) is 42.1 Å². The minimum atomic E-state index is -3.84. The van der Waals surface area contributed by atoms with Gasteiger partial charge in [-0.15, -0.1) is 0 Å². The molecule has 1 aromatic heterocycles. The summed E-state index contributed by atoms with van der Waals surface area (Å²) in [5.74, 6) is -1.26. The average Bonchev–Trinajstić information content (AvgIpc) is 2.38. The van der Waals surface area contributed by atoms with E-state index >= 15 is 0 Å². The highest BCUT2D eigenvalue weighted by atomic mass is 32.2. The third kappa shape index (κ3) is 2.76. The highest BCUT2D eigenvalue weighted by molar-refractivity contribution is 7.89. The summed E-state index contributed by atoms with van der Waals surface area (Å²) in [5, 5.41) is 14.0. The van der Waals surface area contributed by atoms with Gasteiger partial charge in [-0.25, -0.2) is 23.3 Å². The van der Waals surface area contributed by atoms with Gasteiger partial charge in [0.2, 0.25) is 10.0 Å². The SMILES string of the molecule is Nc1ccc(-c2cccc(S(N)(=O)=O)c2)nc1C(=O)O. The number of sulfonamides is 1. The predicted octanol–water partition coefficient (Wildman–Crippen LogP) is 0.676. The minimum Gasteiger partial charge on any atom is -0.476 e. The standard InChI is InChI=1S/C12H11N3O4S/c13-9-4-5-10(15-11(9)12(16)17)7-2-1-3-8(6-7)20(14,18)19/h1-6H,13H2,(H,16,17)(H2,14,18,19). The van der Waals surface area contributed by atoms with Gasteiger partial charge in [0.15, 0.2) is 5.69 Å². The lowest BCUT2D eigenvalue weighted by Gasteiger charge is -2.06. The maximum atomic E-state index is 11.3. The Labute approximate surface area is 114 Å². The number of pyridine rings is 1. The molecule has 0 saturated heterocycles. The van der Waals surface area contributed by atoms with Gasteiger partial charge >= 0.3 is 5.97 Å². The van der Waals surface area contributed by atoms with Gasteiger partial charge in [-0.3, -0.25) is 0 Å². The van der Waals surface area contributed by atoms with Gasteiger partial charge in [-0.1, -0.05) is 12.1 Å². The fraction of sp³-hybridized carbons (Fsp3) is 0. The molecular formula is C12H11N3O4S. The Bertz CT molecular complexity index is 787. The van der Waals surface area contributed by atoms with Gasteiger partial charge in [-0.2, -0.15) is 0 Å². The van der Waals surface area contributed by atoms with E-state index in [1.807, 2.05) is 0 Å². The van der Waals surface area contributed by atoms with Gasteiger partial charge in [0.1, 0.15) is 0 Å². The van der Waals surface area contributed by atoms with E-state index < -0.39 is 16.0 Å². The molecule has 0 aliphatic rings. The normalized spacial score (nSPS) is 11.2. The largest absolute Gasteiger partial charge is 0.476 e. The average molecular weight is 293 g/mol. The molecule has 0 atom stereocenters. The number of carbonyl (C=O) groups is 1. The zero-order chi connectivity index (χ0) is 14.9. The van der Waals surface area contributed by atoms with Crippen LogP contribution in [0.25, 0.3) is 11.3 Å². The van der Waals surface area contributed by atoms with Crippen LogP contribution in [-0.2, 0) is 10.0 Å². The zero-order valence-electron chi connectivity index (χ0n) is 10.1. The lowest BCUT2D eigenvalue weighted by Crippen LogP contribution is -2.12. The molecule has 5 N–H and O–H groups in total. The van der Waals surface area contributed by atoms with Crippen LogP contribution in [0.2, 0.25) is 0 Å². The summed E-state index contributed by atoms with van der Waals surface area (Å²) >= 11 is 0. The van der Waals surface area contributed by atoms with Crippen molar-refractivity contribution in [2.45, 2.75) is 4.90 Å². The van der Waals surface area contributed by atoms with E-state index in [0.717, 1.165) is 0 Å². The first-order valence-electron chi connectivity index (χ1n) is 5.42. The van der Waals surface area contributed by atoms with E-state index in [2.05, 4.69) is 4.98 Å². The van der Waals surface area contributed by atoms with Crippen LogP contribution >= 0.6 is 0 Å². The lowest BCUT2D eigenvalue weighted by molar-refractivity contribution is 0.0692. The Morgan fingerprint density at radius 3 is 2.50 bits per heavy atom. The number of benzene rings is 1. The van der Waals surface area contributed by atoms with Crippen LogP contribution in [0.1, 0.15) is 10.5 Å². The Kier molecular flexibility index (Phi) is 3.43. The van der Waals surface area contributed by atoms with Crippen LogP contribution in [0, 0.1) is 0 Å². The van der Waals surface area contributed by atoms with Crippen LogP contribution in [0.5, 0.6) is 0 Å². The highest BCUT2D eigenvalue weighted by Crippen LogP contribution is 2.22. The van der Waals surface area contributed by atoms with E-state index in [1.165, 1.54) is 30.3 Å². The monoisotopic (exact) mass is 293 g/mol. The maximum absolute atomic E-state index is 11.3. The molecule has 0 saturated carbocycles.